The minimum atomic E-state index is -0.111. The first kappa shape index (κ1) is 16.8. The third-order valence-corrected chi connectivity index (χ3v) is 8.52. The molecular weight excluding hydrogens is 296 g/mol. The Labute approximate surface area is 147 Å². The van der Waals surface area contributed by atoms with Crippen molar-refractivity contribution in [1.82, 2.24) is 0 Å². The standard InChI is InChI=1S/C22H34O2/c1-14(13-23)18-6-7-19-17-5-4-15-12-16(24)8-10-21(15,2)20(17)9-11-22(18,19)3/h4,6,14,16-17,19-20,23-24H,5,7-13H2,1-3H3/t14-,16?,17+,19+,20+,21+,22-/m1/s1. The molecule has 0 heterocycles. The Bertz CT molecular complexity index is 577. The summed E-state index contributed by atoms with van der Waals surface area (Å²) in [5.41, 5.74) is 3.72. The van der Waals surface area contributed by atoms with E-state index in [1.807, 2.05) is 0 Å². The lowest BCUT2D eigenvalue weighted by molar-refractivity contribution is -0.0322. The lowest BCUT2D eigenvalue weighted by Gasteiger charge is -2.58. The van der Waals surface area contributed by atoms with Gasteiger partial charge in [-0.15, -0.1) is 0 Å². The second kappa shape index (κ2) is 5.71. The molecule has 2 heteroatoms. The van der Waals surface area contributed by atoms with Crippen LogP contribution in [0.15, 0.2) is 23.3 Å². The van der Waals surface area contributed by atoms with Gasteiger partial charge in [-0.1, -0.05) is 44.1 Å². The van der Waals surface area contributed by atoms with Gasteiger partial charge in [0.05, 0.1) is 6.10 Å². The monoisotopic (exact) mass is 330 g/mol. The van der Waals surface area contributed by atoms with Gasteiger partial charge in [0.2, 0.25) is 0 Å². The van der Waals surface area contributed by atoms with Gasteiger partial charge >= 0.3 is 0 Å². The van der Waals surface area contributed by atoms with E-state index in [4.69, 9.17) is 0 Å². The maximum Gasteiger partial charge on any atom is 0.0577 e. The molecule has 4 rings (SSSR count). The molecule has 0 amide bonds. The quantitative estimate of drug-likeness (QED) is 0.733. The van der Waals surface area contributed by atoms with Gasteiger partial charge in [0.1, 0.15) is 0 Å². The molecule has 2 N–H and O–H groups in total. The molecule has 2 nitrogen and oxygen atoms in total. The Balaban J connectivity index is 1.64. The van der Waals surface area contributed by atoms with Crippen molar-refractivity contribution in [2.24, 2.45) is 34.5 Å². The normalized spacial score (nSPS) is 48.7. The Morgan fingerprint density at radius 1 is 1.08 bits per heavy atom. The zero-order valence-electron chi connectivity index (χ0n) is 15.6. The first-order valence-corrected chi connectivity index (χ1v) is 10.1. The van der Waals surface area contributed by atoms with Crippen molar-refractivity contribution in [3.63, 3.8) is 0 Å². The van der Waals surface area contributed by atoms with Crippen molar-refractivity contribution >= 4 is 0 Å². The highest BCUT2D eigenvalue weighted by Crippen LogP contribution is 2.65. The molecule has 0 radical (unpaired) electrons. The highest BCUT2D eigenvalue weighted by molar-refractivity contribution is 5.31. The molecule has 4 aliphatic carbocycles. The SMILES string of the molecule is C[C@H](CO)C1=CC[C@H]2[C@@H]3CC=C4CC(O)CC[C@]4(C)[C@H]3CC[C@]12C. The fourth-order valence-corrected chi connectivity index (χ4v) is 7.10. The van der Waals surface area contributed by atoms with Crippen LogP contribution in [0, 0.1) is 34.5 Å². The van der Waals surface area contributed by atoms with E-state index >= 15 is 0 Å². The summed E-state index contributed by atoms with van der Waals surface area (Å²) in [4.78, 5) is 0. The molecule has 0 saturated heterocycles. The van der Waals surface area contributed by atoms with Crippen LogP contribution in [0.1, 0.15) is 65.7 Å². The topological polar surface area (TPSA) is 40.5 Å². The van der Waals surface area contributed by atoms with Crippen molar-refractivity contribution in [3.05, 3.63) is 23.3 Å². The molecule has 4 aliphatic rings. The van der Waals surface area contributed by atoms with Crippen molar-refractivity contribution in [3.8, 4) is 0 Å². The molecule has 0 aromatic carbocycles. The first-order valence-electron chi connectivity index (χ1n) is 10.1. The molecule has 7 atom stereocenters. The van der Waals surface area contributed by atoms with Gasteiger partial charge < -0.3 is 10.2 Å². The minimum Gasteiger partial charge on any atom is -0.396 e. The van der Waals surface area contributed by atoms with Gasteiger partial charge in [-0.2, -0.15) is 0 Å². The van der Waals surface area contributed by atoms with Crippen molar-refractivity contribution in [1.29, 1.82) is 0 Å². The Morgan fingerprint density at radius 2 is 1.83 bits per heavy atom. The average Bonchev–Trinajstić information content (AvgIpc) is 2.92. The molecule has 0 aromatic rings. The van der Waals surface area contributed by atoms with E-state index in [-0.39, 0.29) is 12.7 Å². The second-order valence-electron chi connectivity index (χ2n) is 9.59. The van der Waals surface area contributed by atoms with E-state index in [2.05, 4.69) is 32.9 Å². The Morgan fingerprint density at radius 3 is 2.58 bits per heavy atom. The lowest BCUT2D eigenvalue weighted by Crippen LogP contribution is -2.50. The smallest absolute Gasteiger partial charge is 0.0577 e. The largest absolute Gasteiger partial charge is 0.396 e. The maximum atomic E-state index is 10.1. The van der Waals surface area contributed by atoms with Crippen LogP contribution in [-0.2, 0) is 0 Å². The molecule has 134 valence electrons. The zero-order chi connectivity index (χ0) is 17.1. The fraction of sp³-hybridized carbons (Fsp3) is 0.818. The molecule has 2 fully saturated rings. The fourth-order valence-electron chi connectivity index (χ4n) is 7.10. The predicted molar refractivity (Wildman–Crippen MR) is 97.4 cm³/mol. The molecule has 1 unspecified atom stereocenters. The van der Waals surface area contributed by atoms with Crippen LogP contribution in [0.25, 0.3) is 0 Å². The van der Waals surface area contributed by atoms with E-state index in [9.17, 15) is 10.2 Å². The molecule has 2 saturated carbocycles. The molecule has 0 bridgehead atoms. The number of hydrogen-bond donors (Lipinski definition) is 2. The summed E-state index contributed by atoms with van der Waals surface area (Å²) >= 11 is 0. The van der Waals surface area contributed by atoms with Crippen LogP contribution >= 0.6 is 0 Å². The summed E-state index contributed by atoms with van der Waals surface area (Å²) in [5.74, 6) is 2.64. The third kappa shape index (κ3) is 2.22. The third-order valence-electron chi connectivity index (χ3n) is 8.52. The van der Waals surface area contributed by atoms with Crippen LogP contribution in [0.5, 0.6) is 0 Å². The van der Waals surface area contributed by atoms with E-state index in [1.165, 1.54) is 31.3 Å². The summed E-state index contributed by atoms with van der Waals surface area (Å²) in [5, 5.41) is 19.8. The average molecular weight is 331 g/mol. The molecule has 0 spiro atoms. The summed E-state index contributed by atoms with van der Waals surface area (Å²) in [6.45, 7) is 7.44. The van der Waals surface area contributed by atoms with E-state index in [1.54, 1.807) is 5.57 Å². The number of fused-ring (bicyclic) bond motifs is 5. The van der Waals surface area contributed by atoms with Gasteiger partial charge in [-0.3, -0.25) is 0 Å². The Hall–Kier alpha value is -0.600. The summed E-state index contributed by atoms with van der Waals surface area (Å²) < 4.78 is 0. The van der Waals surface area contributed by atoms with E-state index in [0.717, 1.165) is 37.0 Å². The van der Waals surface area contributed by atoms with Gasteiger partial charge in [0, 0.05) is 12.5 Å². The predicted octanol–water partition coefficient (Wildman–Crippen LogP) is 4.47. The zero-order valence-corrected chi connectivity index (χ0v) is 15.6. The summed E-state index contributed by atoms with van der Waals surface area (Å²) in [7, 11) is 0. The van der Waals surface area contributed by atoms with Crippen molar-refractivity contribution in [2.45, 2.75) is 71.8 Å². The molecule has 0 aliphatic heterocycles. The molecular formula is C22H34O2. The number of aliphatic hydroxyl groups excluding tert-OH is 2. The number of aliphatic hydroxyl groups is 2. The van der Waals surface area contributed by atoms with Crippen LogP contribution in [0.4, 0.5) is 0 Å². The van der Waals surface area contributed by atoms with Crippen LogP contribution < -0.4 is 0 Å². The summed E-state index contributed by atoms with van der Waals surface area (Å²) in [6.07, 6.45) is 12.9. The first-order chi connectivity index (χ1) is 11.4. The summed E-state index contributed by atoms with van der Waals surface area (Å²) in [6, 6.07) is 0. The van der Waals surface area contributed by atoms with E-state index < -0.39 is 0 Å². The van der Waals surface area contributed by atoms with Crippen LogP contribution in [0.3, 0.4) is 0 Å². The van der Waals surface area contributed by atoms with E-state index in [0.29, 0.717) is 16.7 Å². The van der Waals surface area contributed by atoms with Gasteiger partial charge in [0.25, 0.3) is 0 Å². The maximum absolute atomic E-state index is 10.1. The minimum absolute atomic E-state index is 0.111. The van der Waals surface area contributed by atoms with Crippen molar-refractivity contribution < 1.29 is 10.2 Å². The molecule has 0 aromatic heterocycles. The Kier molecular flexibility index (Phi) is 4.01. The van der Waals surface area contributed by atoms with Crippen molar-refractivity contribution in [2.75, 3.05) is 6.61 Å². The number of hydrogen-bond acceptors (Lipinski definition) is 2. The molecule has 24 heavy (non-hydrogen) atoms. The number of rotatable bonds is 2. The highest BCUT2D eigenvalue weighted by Gasteiger charge is 2.56. The lowest BCUT2D eigenvalue weighted by atomic mass is 9.47. The van der Waals surface area contributed by atoms with Gasteiger partial charge in [-0.25, -0.2) is 0 Å². The second-order valence-corrected chi connectivity index (χ2v) is 9.59. The van der Waals surface area contributed by atoms with Crippen LogP contribution in [0.2, 0.25) is 0 Å². The van der Waals surface area contributed by atoms with Gasteiger partial charge in [-0.05, 0) is 73.5 Å². The number of allylic oxidation sites excluding steroid dienone is 2. The van der Waals surface area contributed by atoms with Crippen LogP contribution in [-0.4, -0.2) is 22.9 Å². The highest BCUT2D eigenvalue weighted by atomic mass is 16.3. The van der Waals surface area contributed by atoms with Gasteiger partial charge in [0.15, 0.2) is 0 Å².